The summed E-state index contributed by atoms with van der Waals surface area (Å²) in [5.41, 5.74) is 0.382. The lowest BCUT2D eigenvalue weighted by Gasteiger charge is -2.27. The van der Waals surface area contributed by atoms with Gasteiger partial charge in [-0.3, -0.25) is 0 Å². The Hall–Kier alpha value is -0.810. The van der Waals surface area contributed by atoms with E-state index in [1.807, 2.05) is 6.92 Å². The Balaban J connectivity index is 2.11. The fraction of sp³-hybridized carbons (Fsp3) is 0.571. The van der Waals surface area contributed by atoms with E-state index in [1.54, 1.807) is 6.07 Å². The summed E-state index contributed by atoms with van der Waals surface area (Å²) < 4.78 is 41.7. The van der Waals surface area contributed by atoms with Gasteiger partial charge in [-0.25, -0.2) is 12.8 Å². The van der Waals surface area contributed by atoms with Gasteiger partial charge in [-0.2, -0.15) is 0 Å². The lowest BCUT2D eigenvalue weighted by Crippen LogP contribution is -2.32. The minimum Gasteiger partial charge on any atom is -0.493 e. The van der Waals surface area contributed by atoms with Crippen LogP contribution in [0.1, 0.15) is 31.2 Å². The van der Waals surface area contributed by atoms with Crippen molar-refractivity contribution in [1.29, 1.82) is 0 Å². The second-order valence-corrected chi connectivity index (χ2v) is 8.37. The maximum Gasteiger partial charge on any atom is 0.233 e. The van der Waals surface area contributed by atoms with Crippen LogP contribution in [0.4, 0.5) is 4.39 Å². The van der Waals surface area contributed by atoms with Crippen LogP contribution in [0.2, 0.25) is 0 Å². The molecular formula is C14H18ClFO3S. The Kier molecular flexibility index (Phi) is 4.59. The molecule has 1 aliphatic rings. The van der Waals surface area contributed by atoms with Crippen LogP contribution >= 0.6 is 10.7 Å². The van der Waals surface area contributed by atoms with Crippen LogP contribution in [0, 0.1) is 18.2 Å². The molecule has 112 valence electrons. The van der Waals surface area contributed by atoms with Crippen molar-refractivity contribution in [3.63, 3.8) is 0 Å². The van der Waals surface area contributed by atoms with Crippen LogP contribution in [0.3, 0.4) is 0 Å². The summed E-state index contributed by atoms with van der Waals surface area (Å²) >= 11 is 0. The van der Waals surface area contributed by atoms with E-state index in [-0.39, 0.29) is 18.2 Å². The molecule has 0 radical (unpaired) electrons. The molecule has 1 saturated carbocycles. The van der Waals surface area contributed by atoms with E-state index >= 15 is 0 Å². The molecule has 1 fully saturated rings. The number of aryl methyl sites for hydroxylation is 1. The van der Waals surface area contributed by atoms with Crippen LogP contribution in [0.5, 0.6) is 5.75 Å². The van der Waals surface area contributed by atoms with Gasteiger partial charge >= 0.3 is 0 Å². The van der Waals surface area contributed by atoms with Crippen molar-refractivity contribution >= 4 is 19.7 Å². The Morgan fingerprint density at radius 3 is 2.60 bits per heavy atom. The van der Waals surface area contributed by atoms with Crippen molar-refractivity contribution in [2.24, 2.45) is 5.41 Å². The molecule has 20 heavy (non-hydrogen) atoms. The predicted octanol–water partition coefficient (Wildman–Crippen LogP) is 3.64. The van der Waals surface area contributed by atoms with Crippen molar-refractivity contribution in [1.82, 2.24) is 0 Å². The summed E-state index contributed by atoms with van der Waals surface area (Å²) in [6.07, 6.45) is 3.48. The summed E-state index contributed by atoms with van der Waals surface area (Å²) in [5, 5.41) is 0. The predicted molar refractivity (Wildman–Crippen MR) is 77.2 cm³/mol. The van der Waals surface area contributed by atoms with Gasteiger partial charge in [0, 0.05) is 22.2 Å². The highest BCUT2D eigenvalue weighted by Crippen LogP contribution is 2.40. The van der Waals surface area contributed by atoms with Gasteiger partial charge in [0.2, 0.25) is 9.05 Å². The first-order chi connectivity index (χ1) is 9.30. The second-order valence-electron chi connectivity index (χ2n) is 5.59. The number of benzene rings is 1. The van der Waals surface area contributed by atoms with E-state index in [0.29, 0.717) is 5.75 Å². The summed E-state index contributed by atoms with van der Waals surface area (Å²) in [5.74, 6) is 0.00918. The van der Waals surface area contributed by atoms with Gasteiger partial charge < -0.3 is 4.74 Å². The molecule has 1 aliphatic carbocycles. The number of ether oxygens (including phenoxy) is 1. The van der Waals surface area contributed by atoms with E-state index in [1.165, 1.54) is 12.1 Å². The summed E-state index contributed by atoms with van der Waals surface area (Å²) in [6, 6.07) is 4.34. The molecule has 1 aromatic carbocycles. The van der Waals surface area contributed by atoms with E-state index in [0.717, 1.165) is 31.2 Å². The highest BCUT2D eigenvalue weighted by Gasteiger charge is 2.38. The van der Waals surface area contributed by atoms with Crippen molar-refractivity contribution in [3.05, 3.63) is 29.6 Å². The van der Waals surface area contributed by atoms with E-state index in [9.17, 15) is 12.8 Å². The number of halogens is 2. The topological polar surface area (TPSA) is 43.4 Å². The van der Waals surface area contributed by atoms with Gasteiger partial charge in [0.1, 0.15) is 11.6 Å². The Bertz CT molecular complexity index is 580. The SMILES string of the molecule is Cc1ccc(F)cc1OCC1(CS(=O)(=O)Cl)CCCC1. The lowest BCUT2D eigenvalue weighted by molar-refractivity contribution is 0.169. The quantitative estimate of drug-likeness (QED) is 0.778. The monoisotopic (exact) mass is 320 g/mol. The van der Waals surface area contributed by atoms with E-state index in [4.69, 9.17) is 15.4 Å². The maximum absolute atomic E-state index is 13.2. The van der Waals surface area contributed by atoms with Gasteiger partial charge in [-0.1, -0.05) is 18.9 Å². The van der Waals surface area contributed by atoms with Gasteiger partial charge in [-0.15, -0.1) is 0 Å². The number of rotatable bonds is 5. The van der Waals surface area contributed by atoms with Crippen LogP contribution < -0.4 is 4.74 Å². The molecule has 2 rings (SSSR count). The first kappa shape index (κ1) is 15.6. The fourth-order valence-electron chi connectivity index (χ4n) is 2.78. The van der Waals surface area contributed by atoms with Crippen molar-refractivity contribution in [2.45, 2.75) is 32.6 Å². The molecule has 0 bridgehead atoms. The van der Waals surface area contributed by atoms with Gasteiger partial charge in [0.05, 0.1) is 12.4 Å². The first-order valence-electron chi connectivity index (χ1n) is 6.61. The molecule has 0 N–H and O–H groups in total. The average molecular weight is 321 g/mol. The Labute approximate surface area is 123 Å². The van der Waals surface area contributed by atoms with Crippen LogP contribution in [-0.4, -0.2) is 20.8 Å². The molecule has 0 saturated heterocycles. The molecular weight excluding hydrogens is 303 g/mol. The van der Waals surface area contributed by atoms with Crippen molar-refractivity contribution < 1.29 is 17.5 Å². The molecule has 0 aromatic heterocycles. The molecule has 0 atom stereocenters. The van der Waals surface area contributed by atoms with Gasteiger partial charge in [0.15, 0.2) is 0 Å². The zero-order valence-corrected chi connectivity index (χ0v) is 12.9. The fourth-order valence-corrected chi connectivity index (χ4v) is 4.58. The van der Waals surface area contributed by atoms with Crippen molar-refractivity contribution in [2.75, 3.05) is 12.4 Å². The largest absolute Gasteiger partial charge is 0.493 e. The molecule has 0 spiro atoms. The minimum atomic E-state index is -3.57. The van der Waals surface area contributed by atoms with Crippen molar-refractivity contribution in [3.8, 4) is 5.75 Å². The standard InChI is InChI=1S/C14H18ClFO3S/c1-11-4-5-12(16)8-13(11)19-9-14(6-2-3-7-14)10-20(15,17)18/h4-5,8H,2-3,6-7,9-10H2,1H3. The highest BCUT2D eigenvalue weighted by molar-refractivity contribution is 8.13. The average Bonchev–Trinajstić information content (AvgIpc) is 2.77. The zero-order valence-electron chi connectivity index (χ0n) is 11.4. The third kappa shape index (κ3) is 4.09. The number of hydrogen-bond acceptors (Lipinski definition) is 3. The summed E-state index contributed by atoms with van der Waals surface area (Å²) in [4.78, 5) is 0. The molecule has 3 nitrogen and oxygen atoms in total. The van der Waals surface area contributed by atoms with Crippen LogP contribution in [0.25, 0.3) is 0 Å². The van der Waals surface area contributed by atoms with E-state index in [2.05, 4.69) is 0 Å². The Morgan fingerprint density at radius 2 is 2.00 bits per heavy atom. The molecule has 0 amide bonds. The Morgan fingerprint density at radius 1 is 1.35 bits per heavy atom. The van der Waals surface area contributed by atoms with Crippen LogP contribution in [0.15, 0.2) is 18.2 Å². The normalized spacial score (nSPS) is 18.1. The molecule has 0 unspecified atom stereocenters. The maximum atomic E-state index is 13.2. The second kappa shape index (κ2) is 5.90. The molecule has 0 aliphatic heterocycles. The summed E-state index contributed by atoms with van der Waals surface area (Å²) in [6.45, 7) is 2.08. The van der Waals surface area contributed by atoms with Gasteiger partial charge in [-0.05, 0) is 31.4 Å². The summed E-state index contributed by atoms with van der Waals surface area (Å²) in [7, 11) is 1.83. The van der Waals surface area contributed by atoms with E-state index < -0.39 is 14.5 Å². The number of hydrogen-bond donors (Lipinski definition) is 0. The smallest absolute Gasteiger partial charge is 0.233 e. The highest BCUT2D eigenvalue weighted by atomic mass is 35.7. The molecule has 0 heterocycles. The molecule has 1 aromatic rings. The van der Waals surface area contributed by atoms with Gasteiger partial charge in [0.25, 0.3) is 0 Å². The third-order valence-electron chi connectivity index (χ3n) is 3.83. The van der Waals surface area contributed by atoms with Crippen LogP contribution in [-0.2, 0) is 9.05 Å². The third-order valence-corrected chi connectivity index (χ3v) is 5.11. The first-order valence-corrected chi connectivity index (χ1v) is 9.09. The lowest BCUT2D eigenvalue weighted by atomic mass is 9.90. The molecule has 6 heteroatoms. The zero-order chi connectivity index (χ0) is 14.8. The minimum absolute atomic E-state index is 0.0874.